The lowest BCUT2D eigenvalue weighted by Gasteiger charge is -2.11. The molecular formula is C13H10F2N2OS. The smallest absolute Gasteiger partial charge is 0.141 e. The molecule has 19 heavy (non-hydrogen) atoms. The molecule has 1 aromatic heterocycles. The molecule has 0 spiro atoms. The Bertz CT molecular complexity index is 619. The molecule has 0 aliphatic carbocycles. The van der Waals surface area contributed by atoms with Gasteiger partial charge in [-0.1, -0.05) is 18.3 Å². The van der Waals surface area contributed by atoms with E-state index in [0.29, 0.717) is 5.56 Å². The van der Waals surface area contributed by atoms with Gasteiger partial charge < -0.3 is 10.5 Å². The lowest BCUT2D eigenvalue weighted by atomic mass is 10.2. The second-order valence-corrected chi connectivity index (χ2v) is 4.22. The summed E-state index contributed by atoms with van der Waals surface area (Å²) in [5.74, 6) is -0.797. The van der Waals surface area contributed by atoms with E-state index in [9.17, 15) is 8.78 Å². The van der Waals surface area contributed by atoms with Crippen molar-refractivity contribution in [1.82, 2.24) is 4.98 Å². The molecule has 0 amide bonds. The summed E-state index contributed by atoms with van der Waals surface area (Å²) < 4.78 is 31.9. The summed E-state index contributed by atoms with van der Waals surface area (Å²) in [5, 5.41) is 0. The van der Waals surface area contributed by atoms with Crippen molar-refractivity contribution in [3.05, 3.63) is 59.4 Å². The summed E-state index contributed by atoms with van der Waals surface area (Å²) in [5.41, 5.74) is 6.02. The van der Waals surface area contributed by atoms with Gasteiger partial charge in [-0.05, 0) is 18.2 Å². The van der Waals surface area contributed by atoms with Crippen molar-refractivity contribution in [3.8, 4) is 5.75 Å². The van der Waals surface area contributed by atoms with Crippen LogP contribution in [0.15, 0.2) is 36.7 Å². The van der Waals surface area contributed by atoms with E-state index in [1.807, 2.05) is 0 Å². The van der Waals surface area contributed by atoms with Gasteiger partial charge in [-0.25, -0.2) is 8.78 Å². The second kappa shape index (κ2) is 5.71. The van der Waals surface area contributed by atoms with Crippen LogP contribution >= 0.6 is 12.2 Å². The minimum Gasteiger partial charge on any atom is -0.488 e. The van der Waals surface area contributed by atoms with Gasteiger partial charge in [0.25, 0.3) is 0 Å². The summed E-state index contributed by atoms with van der Waals surface area (Å²) in [6.45, 7) is 0.0455. The lowest BCUT2D eigenvalue weighted by molar-refractivity contribution is 0.303. The van der Waals surface area contributed by atoms with Crippen molar-refractivity contribution in [2.75, 3.05) is 0 Å². The average molecular weight is 280 g/mol. The van der Waals surface area contributed by atoms with Crippen LogP contribution in [0.4, 0.5) is 8.78 Å². The molecule has 98 valence electrons. The molecule has 0 bridgehead atoms. The van der Waals surface area contributed by atoms with Gasteiger partial charge in [0.15, 0.2) is 0 Å². The van der Waals surface area contributed by atoms with E-state index in [1.165, 1.54) is 24.4 Å². The number of aromatic nitrogens is 1. The zero-order valence-corrected chi connectivity index (χ0v) is 10.6. The number of hydrogen-bond acceptors (Lipinski definition) is 3. The van der Waals surface area contributed by atoms with Crippen LogP contribution in [-0.2, 0) is 6.61 Å². The summed E-state index contributed by atoms with van der Waals surface area (Å²) in [6.07, 6.45) is 2.55. The topological polar surface area (TPSA) is 48.1 Å². The number of nitrogens with zero attached hydrogens (tertiary/aromatic N) is 1. The van der Waals surface area contributed by atoms with E-state index in [0.717, 1.165) is 6.20 Å². The molecule has 0 saturated carbocycles. The Labute approximate surface area is 114 Å². The number of halogens is 2. The van der Waals surface area contributed by atoms with Crippen LogP contribution in [0.2, 0.25) is 0 Å². The molecule has 1 heterocycles. The van der Waals surface area contributed by atoms with Crippen molar-refractivity contribution >= 4 is 17.2 Å². The number of thiocarbonyl (C=S) groups is 1. The van der Waals surface area contributed by atoms with Gasteiger partial charge in [-0.2, -0.15) is 0 Å². The third-order valence-corrected chi connectivity index (χ3v) is 2.58. The highest BCUT2D eigenvalue weighted by Gasteiger charge is 2.12. The van der Waals surface area contributed by atoms with Crippen LogP contribution < -0.4 is 10.5 Å². The first-order chi connectivity index (χ1) is 9.08. The highest BCUT2D eigenvalue weighted by atomic mass is 32.1. The Balaban J connectivity index is 2.20. The van der Waals surface area contributed by atoms with Gasteiger partial charge in [-0.15, -0.1) is 0 Å². The van der Waals surface area contributed by atoms with Crippen LogP contribution in [0.25, 0.3) is 0 Å². The van der Waals surface area contributed by atoms with Gasteiger partial charge in [0.1, 0.15) is 29.0 Å². The van der Waals surface area contributed by atoms with Crippen molar-refractivity contribution < 1.29 is 13.5 Å². The quantitative estimate of drug-likeness (QED) is 0.874. The summed E-state index contributed by atoms with van der Waals surface area (Å²) >= 11 is 4.77. The number of ether oxygens (including phenoxy) is 1. The molecule has 6 heteroatoms. The fourth-order valence-electron chi connectivity index (χ4n) is 1.56. The SMILES string of the molecule is NC(=S)c1c(F)cccc1OCc1cncc(F)c1. The number of pyridine rings is 1. The Hall–Kier alpha value is -2.08. The van der Waals surface area contributed by atoms with Crippen molar-refractivity contribution in [2.24, 2.45) is 5.73 Å². The minimum atomic E-state index is -0.553. The van der Waals surface area contributed by atoms with Crippen molar-refractivity contribution in [3.63, 3.8) is 0 Å². The van der Waals surface area contributed by atoms with Crippen LogP contribution in [0.5, 0.6) is 5.75 Å². The van der Waals surface area contributed by atoms with Crippen LogP contribution in [-0.4, -0.2) is 9.97 Å². The standard InChI is InChI=1S/C13H10F2N2OS/c14-9-4-8(5-17-6-9)7-18-11-3-1-2-10(15)12(11)13(16)19/h1-6H,7H2,(H2,16,19). The maximum atomic E-state index is 13.6. The van der Waals surface area contributed by atoms with Gasteiger partial charge in [0, 0.05) is 11.8 Å². The molecule has 0 aliphatic rings. The number of rotatable bonds is 4. The minimum absolute atomic E-state index is 0.0434. The molecule has 1 aromatic carbocycles. The summed E-state index contributed by atoms with van der Waals surface area (Å²) in [7, 11) is 0. The fraction of sp³-hybridized carbons (Fsp3) is 0.0769. The predicted molar refractivity (Wildman–Crippen MR) is 70.8 cm³/mol. The van der Waals surface area contributed by atoms with Crippen LogP contribution in [0.1, 0.15) is 11.1 Å². The molecule has 0 radical (unpaired) electrons. The fourth-order valence-corrected chi connectivity index (χ4v) is 1.76. The van der Waals surface area contributed by atoms with Gasteiger partial charge in [0.05, 0.1) is 11.8 Å². The molecular weight excluding hydrogens is 270 g/mol. The average Bonchev–Trinajstić information content (AvgIpc) is 2.36. The number of hydrogen-bond donors (Lipinski definition) is 1. The zero-order chi connectivity index (χ0) is 13.8. The first kappa shape index (κ1) is 13.4. The monoisotopic (exact) mass is 280 g/mol. The molecule has 0 saturated heterocycles. The maximum absolute atomic E-state index is 13.6. The first-order valence-corrected chi connectivity index (χ1v) is 5.79. The third kappa shape index (κ3) is 3.23. The normalized spacial score (nSPS) is 10.2. The molecule has 2 N–H and O–H groups in total. The highest BCUT2D eigenvalue weighted by Crippen LogP contribution is 2.22. The Morgan fingerprint density at radius 1 is 1.32 bits per heavy atom. The second-order valence-electron chi connectivity index (χ2n) is 3.78. The molecule has 0 unspecified atom stereocenters. The Kier molecular flexibility index (Phi) is 4.01. The van der Waals surface area contributed by atoms with E-state index in [1.54, 1.807) is 6.07 Å². The van der Waals surface area contributed by atoms with E-state index >= 15 is 0 Å². The largest absolute Gasteiger partial charge is 0.488 e. The summed E-state index contributed by atoms with van der Waals surface area (Å²) in [6, 6.07) is 5.55. The predicted octanol–water partition coefficient (Wildman–Crippen LogP) is 2.57. The lowest BCUT2D eigenvalue weighted by Crippen LogP contribution is -2.14. The van der Waals surface area contributed by atoms with Crippen molar-refractivity contribution in [1.29, 1.82) is 0 Å². The molecule has 2 aromatic rings. The summed E-state index contributed by atoms with van der Waals surface area (Å²) in [4.78, 5) is 3.60. The maximum Gasteiger partial charge on any atom is 0.141 e. The highest BCUT2D eigenvalue weighted by molar-refractivity contribution is 7.80. The molecule has 0 atom stereocenters. The Morgan fingerprint density at radius 2 is 2.11 bits per heavy atom. The van der Waals surface area contributed by atoms with E-state index in [4.69, 9.17) is 22.7 Å². The zero-order valence-electron chi connectivity index (χ0n) is 9.77. The number of nitrogens with two attached hydrogens (primary N) is 1. The number of benzene rings is 1. The first-order valence-electron chi connectivity index (χ1n) is 5.38. The van der Waals surface area contributed by atoms with E-state index in [2.05, 4.69) is 4.98 Å². The third-order valence-electron chi connectivity index (χ3n) is 2.38. The molecule has 2 rings (SSSR count). The Morgan fingerprint density at radius 3 is 2.79 bits per heavy atom. The van der Waals surface area contributed by atoms with E-state index in [-0.39, 0.29) is 22.9 Å². The molecule has 0 aliphatic heterocycles. The molecule has 3 nitrogen and oxygen atoms in total. The molecule has 0 fully saturated rings. The van der Waals surface area contributed by atoms with Gasteiger partial charge in [0.2, 0.25) is 0 Å². The van der Waals surface area contributed by atoms with Crippen LogP contribution in [0, 0.1) is 11.6 Å². The van der Waals surface area contributed by atoms with Crippen LogP contribution in [0.3, 0.4) is 0 Å². The van der Waals surface area contributed by atoms with Gasteiger partial charge >= 0.3 is 0 Å². The van der Waals surface area contributed by atoms with Crippen molar-refractivity contribution in [2.45, 2.75) is 6.61 Å². The van der Waals surface area contributed by atoms with E-state index < -0.39 is 11.6 Å². The van der Waals surface area contributed by atoms with Gasteiger partial charge in [-0.3, -0.25) is 4.98 Å².